The van der Waals surface area contributed by atoms with E-state index in [1.807, 2.05) is 4.90 Å². The van der Waals surface area contributed by atoms with Crippen molar-refractivity contribution in [2.75, 3.05) is 13.1 Å². The van der Waals surface area contributed by atoms with Gasteiger partial charge in [-0.3, -0.25) is 0 Å². The third-order valence-corrected chi connectivity index (χ3v) is 2.68. The smallest absolute Gasteiger partial charge is 0.0879 e. The Morgan fingerprint density at radius 1 is 1.00 bits per heavy atom. The highest BCUT2D eigenvalue weighted by molar-refractivity contribution is 4.67. The van der Waals surface area contributed by atoms with Gasteiger partial charge in [0.2, 0.25) is 0 Å². The summed E-state index contributed by atoms with van der Waals surface area (Å²) in [4.78, 5) is 1.91. The van der Waals surface area contributed by atoms with E-state index < -0.39 is 0 Å². The Hall–Kier alpha value is -0.960. The number of fused-ring (bicyclic) bond motifs is 1. The summed E-state index contributed by atoms with van der Waals surface area (Å²) in [5, 5.41) is 18.7. The molecule has 16 heavy (non-hydrogen) atoms. The zero-order valence-corrected chi connectivity index (χ0v) is 10.6. The Morgan fingerprint density at radius 2 is 1.31 bits per heavy atom. The molecule has 0 saturated carbocycles. The second kappa shape index (κ2) is 8.22. The number of hydrogen-bond donors (Lipinski definition) is 1. The predicted molar refractivity (Wildman–Crippen MR) is 62.6 cm³/mol. The van der Waals surface area contributed by atoms with E-state index in [1.165, 1.54) is 52.6 Å². The molecule has 2 fully saturated rings. The molecule has 0 bridgehead atoms. The van der Waals surface area contributed by atoms with Gasteiger partial charge in [-0.25, -0.2) is 0 Å². The van der Waals surface area contributed by atoms with Gasteiger partial charge in [-0.2, -0.15) is 0 Å². The van der Waals surface area contributed by atoms with Gasteiger partial charge in [-0.05, 0) is 0 Å². The summed E-state index contributed by atoms with van der Waals surface area (Å²) in [5.74, 6) is -0.167. The van der Waals surface area contributed by atoms with Gasteiger partial charge in [0.1, 0.15) is 0 Å². The molecule has 2 rings (SSSR count). The van der Waals surface area contributed by atoms with Crippen molar-refractivity contribution in [3.8, 4) is 0 Å². The first-order valence-corrected chi connectivity index (χ1v) is 5.93. The summed E-state index contributed by atoms with van der Waals surface area (Å²) in [6.45, 7) is 11.8. The van der Waals surface area contributed by atoms with Crippen LogP contribution in [0.4, 0.5) is 0 Å². The number of rotatable bonds is 0. The molecule has 0 unspecified atom stereocenters. The van der Waals surface area contributed by atoms with Gasteiger partial charge >= 0.3 is 0 Å². The van der Waals surface area contributed by atoms with Crippen molar-refractivity contribution < 1.29 is 15.1 Å². The van der Waals surface area contributed by atoms with Gasteiger partial charge in [0.05, 0.1) is 19.1 Å². The van der Waals surface area contributed by atoms with Crippen LogP contribution in [0.15, 0.2) is 24.7 Å². The zero-order chi connectivity index (χ0) is 12.6. The molecule has 0 aromatic rings. The highest BCUT2D eigenvalue weighted by atomic mass is 16.3. The molecule has 0 aromatic heterocycles. The van der Waals surface area contributed by atoms with E-state index in [0.29, 0.717) is 0 Å². The first kappa shape index (κ1) is 15.0. The fourth-order valence-corrected chi connectivity index (χ4v) is 2.24. The lowest BCUT2D eigenvalue weighted by Crippen LogP contribution is -3.11. The zero-order valence-electron chi connectivity index (χ0n) is 10.6. The van der Waals surface area contributed by atoms with Gasteiger partial charge in [0, 0.05) is 25.7 Å². The molecule has 0 atom stereocenters. The molecule has 0 spiro atoms. The van der Waals surface area contributed by atoms with Gasteiger partial charge in [0.25, 0.3) is 0 Å². The molecule has 2 aliphatic rings. The lowest BCUT2D eigenvalue weighted by Gasteiger charge is -2.09. The van der Waals surface area contributed by atoms with Crippen molar-refractivity contribution in [2.24, 2.45) is 0 Å². The van der Waals surface area contributed by atoms with Crippen LogP contribution >= 0.6 is 0 Å². The van der Waals surface area contributed by atoms with Crippen molar-refractivity contribution in [3.05, 3.63) is 24.7 Å². The van der Waals surface area contributed by atoms with Crippen molar-refractivity contribution in [2.45, 2.75) is 45.6 Å². The summed E-state index contributed by atoms with van der Waals surface area (Å²) in [6, 6.07) is 1.09. The van der Waals surface area contributed by atoms with Gasteiger partial charge < -0.3 is 15.1 Å². The van der Waals surface area contributed by atoms with Crippen LogP contribution in [0.2, 0.25) is 0 Å². The van der Waals surface area contributed by atoms with Crippen LogP contribution in [-0.2, 0) is 0 Å². The average molecular weight is 226 g/mol. The molecule has 0 radical (unpaired) electrons. The topological polar surface area (TPSA) is 50.6 Å². The van der Waals surface area contributed by atoms with Crippen molar-refractivity contribution in [1.82, 2.24) is 0 Å². The third kappa shape index (κ3) is 8.36. The number of nitrogens with one attached hydrogen (secondary N) is 1. The largest absolute Gasteiger partial charge is 0.876 e. The van der Waals surface area contributed by atoms with Crippen LogP contribution in [0.3, 0.4) is 0 Å². The van der Waals surface area contributed by atoms with E-state index in [-0.39, 0.29) is 11.5 Å². The lowest BCUT2D eigenvalue weighted by atomic mass is 10.2. The molecule has 3 nitrogen and oxygen atoms in total. The molecule has 2 aliphatic heterocycles. The summed E-state index contributed by atoms with van der Waals surface area (Å²) in [5.41, 5.74) is 0. The van der Waals surface area contributed by atoms with E-state index in [1.54, 1.807) is 0 Å². The minimum Gasteiger partial charge on any atom is -0.876 e. The standard InChI is InChI=1S/C7H13N.2C3H6O/c1-3-7-4-2-6-8(7)5-1;2*1-3(2)4/h7H,1-6H2;2*4H,1H2,2H3/p-1. The number of hydrogen-bond acceptors (Lipinski definition) is 2. The summed E-state index contributed by atoms with van der Waals surface area (Å²) in [7, 11) is 0. The highest BCUT2D eigenvalue weighted by Crippen LogP contribution is 2.10. The Bertz CT molecular complexity index is 186. The van der Waals surface area contributed by atoms with E-state index >= 15 is 0 Å². The van der Waals surface area contributed by atoms with Gasteiger partial charge in [0.15, 0.2) is 0 Å². The van der Waals surface area contributed by atoms with E-state index in [9.17, 15) is 10.2 Å². The lowest BCUT2D eigenvalue weighted by molar-refractivity contribution is -0.898. The van der Waals surface area contributed by atoms with Crippen LogP contribution in [0.1, 0.15) is 39.5 Å². The summed E-state index contributed by atoms with van der Waals surface area (Å²) in [6.07, 6.45) is 6.05. The Labute approximate surface area is 99.1 Å². The van der Waals surface area contributed by atoms with Gasteiger partial charge in [-0.1, -0.05) is 13.8 Å². The van der Waals surface area contributed by atoms with Crippen LogP contribution in [0.25, 0.3) is 0 Å². The Kier molecular flexibility index (Phi) is 7.73. The average Bonchev–Trinajstić information content (AvgIpc) is 2.58. The molecule has 3 heteroatoms. The second-order valence-electron chi connectivity index (χ2n) is 4.54. The van der Waals surface area contributed by atoms with E-state index in [2.05, 4.69) is 13.2 Å². The number of quaternary nitrogens is 1. The van der Waals surface area contributed by atoms with Crippen LogP contribution in [0, 0.1) is 0 Å². The van der Waals surface area contributed by atoms with Crippen LogP contribution in [0.5, 0.6) is 0 Å². The first-order valence-electron chi connectivity index (χ1n) is 5.93. The van der Waals surface area contributed by atoms with Crippen LogP contribution < -0.4 is 15.1 Å². The first-order chi connectivity index (χ1) is 7.43. The molecular weight excluding hydrogens is 202 g/mol. The Balaban J connectivity index is 0.000000244. The molecule has 2 saturated heterocycles. The normalized spacial score (nSPS) is 25.6. The fourth-order valence-electron chi connectivity index (χ4n) is 2.24. The van der Waals surface area contributed by atoms with Crippen molar-refractivity contribution >= 4 is 0 Å². The van der Waals surface area contributed by atoms with Crippen molar-refractivity contribution in [3.63, 3.8) is 0 Å². The predicted octanol–water partition coefficient (Wildman–Crippen LogP) is -0.412. The molecule has 0 aliphatic carbocycles. The summed E-state index contributed by atoms with van der Waals surface area (Å²) < 4.78 is 0. The number of allylic oxidation sites excluding steroid dienone is 2. The van der Waals surface area contributed by atoms with Gasteiger partial charge in [-0.15, -0.1) is 24.7 Å². The maximum Gasteiger partial charge on any atom is 0.0879 e. The molecule has 1 N–H and O–H groups in total. The minimum absolute atomic E-state index is 0.0833. The fraction of sp³-hybridized carbons (Fsp3) is 0.692. The van der Waals surface area contributed by atoms with Crippen LogP contribution in [-0.4, -0.2) is 19.1 Å². The SMILES string of the molecule is C1CC2CCC[NH+]2C1.C=C(C)[O-].C=C(C)[O-]. The Morgan fingerprint density at radius 3 is 1.56 bits per heavy atom. The quantitative estimate of drug-likeness (QED) is 0.571. The minimum atomic E-state index is -0.0833. The molecule has 0 amide bonds. The molecule has 0 aromatic carbocycles. The highest BCUT2D eigenvalue weighted by Gasteiger charge is 2.32. The molecule has 94 valence electrons. The third-order valence-electron chi connectivity index (χ3n) is 2.68. The summed E-state index contributed by atoms with van der Waals surface area (Å²) >= 11 is 0. The molecular formula is C13H24NO2-. The monoisotopic (exact) mass is 226 g/mol. The van der Waals surface area contributed by atoms with Crippen molar-refractivity contribution in [1.29, 1.82) is 0 Å². The maximum atomic E-state index is 9.33. The van der Waals surface area contributed by atoms with E-state index in [4.69, 9.17) is 0 Å². The van der Waals surface area contributed by atoms with E-state index in [0.717, 1.165) is 6.04 Å². The maximum absolute atomic E-state index is 9.33. The second-order valence-corrected chi connectivity index (χ2v) is 4.54. The molecule has 2 heterocycles.